The van der Waals surface area contributed by atoms with Crippen molar-refractivity contribution in [1.82, 2.24) is 14.9 Å². The molecule has 0 aliphatic rings. The van der Waals surface area contributed by atoms with Crippen molar-refractivity contribution in [2.45, 2.75) is 18.5 Å². The second-order valence-corrected chi connectivity index (χ2v) is 7.41. The highest BCUT2D eigenvalue weighted by Crippen LogP contribution is 2.24. The van der Waals surface area contributed by atoms with E-state index in [4.69, 9.17) is 16.9 Å². The first-order chi connectivity index (χ1) is 13.5. The molecule has 1 amide bonds. The minimum Gasteiger partial charge on any atom is -0.354 e. The Morgan fingerprint density at radius 3 is 2.86 bits per heavy atom. The monoisotopic (exact) mass is 412 g/mol. The van der Waals surface area contributed by atoms with E-state index in [1.807, 2.05) is 37.3 Å². The maximum absolute atomic E-state index is 13.2. The standard InChI is InChI=1S/C20H17ClN4O2S/c1-13-5-2-3-6-17(13)25-19(27)15-8-7-14(21)11-16(15)24-20(25)28-12-18(26)23-10-4-9-22/h2-3,5-8,11H,4,10,12H2,1H3,(H,23,26). The van der Waals surface area contributed by atoms with Crippen LogP contribution in [-0.4, -0.2) is 27.8 Å². The number of aryl methyl sites for hydroxylation is 1. The molecule has 1 heterocycles. The second-order valence-electron chi connectivity index (χ2n) is 6.03. The number of halogens is 1. The molecule has 3 aromatic rings. The maximum atomic E-state index is 13.2. The Morgan fingerprint density at radius 1 is 1.32 bits per heavy atom. The normalized spacial score (nSPS) is 10.6. The van der Waals surface area contributed by atoms with Gasteiger partial charge >= 0.3 is 0 Å². The number of benzene rings is 2. The fraction of sp³-hybridized carbons (Fsp3) is 0.200. The quantitative estimate of drug-likeness (QED) is 0.380. The maximum Gasteiger partial charge on any atom is 0.266 e. The fourth-order valence-corrected chi connectivity index (χ4v) is 3.70. The average Bonchev–Trinajstić information content (AvgIpc) is 2.67. The van der Waals surface area contributed by atoms with Crippen molar-refractivity contribution in [1.29, 1.82) is 5.26 Å². The van der Waals surface area contributed by atoms with Gasteiger partial charge in [0.25, 0.3) is 5.56 Å². The van der Waals surface area contributed by atoms with Crippen LogP contribution in [0.4, 0.5) is 0 Å². The van der Waals surface area contributed by atoms with Gasteiger partial charge in [-0.05, 0) is 36.8 Å². The molecular weight excluding hydrogens is 396 g/mol. The zero-order valence-corrected chi connectivity index (χ0v) is 16.7. The Hall–Kier alpha value is -2.82. The number of aromatic nitrogens is 2. The van der Waals surface area contributed by atoms with Crippen LogP contribution in [0.25, 0.3) is 16.6 Å². The van der Waals surface area contributed by atoms with Gasteiger partial charge in [-0.2, -0.15) is 5.26 Å². The lowest BCUT2D eigenvalue weighted by Gasteiger charge is -2.15. The van der Waals surface area contributed by atoms with Crippen LogP contribution in [0.1, 0.15) is 12.0 Å². The van der Waals surface area contributed by atoms with Crippen molar-refractivity contribution >= 4 is 40.2 Å². The lowest BCUT2D eigenvalue weighted by molar-refractivity contribution is -0.118. The molecule has 0 aliphatic heterocycles. The number of amides is 1. The zero-order valence-electron chi connectivity index (χ0n) is 15.1. The van der Waals surface area contributed by atoms with Crippen molar-refractivity contribution in [3.8, 4) is 11.8 Å². The SMILES string of the molecule is Cc1ccccc1-n1c(SCC(=O)NCCC#N)nc2cc(Cl)ccc2c1=O. The number of fused-ring (bicyclic) bond motifs is 1. The van der Waals surface area contributed by atoms with Crippen molar-refractivity contribution in [2.75, 3.05) is 12.3 Å². The third kappa shape index (κ3) is 4.35. The Labute approximate surface area is 171 Å². The summed E-state index contributed by atoms with van der Waals surface area (Å²) in [5, 5.41) is 12.6. The van der Waals surface area contributed by atoms with Gasteiger partial charge in [0.1, 0.15) is 0 Å². The van der Waals surface area contributed by atoms with Crippen molar-refractivity contribution in [3.63, 3.8) is 0 Å². The molecule has 0 unspecified atom stereocenters. The van der Waals surface area contributed by atoms with Crippen LogP contribution in [0.5, 0.6) is 0 Å². The molecule has 28 heavy (non-hydrogen) atoms. The van der Waals surface area contributed by atoms with Gasteiger partial charge in [-0.3, -0.25) is 14.2 Å². The summed E-state index contributed by atoms with van der Waals surface area (Å²) in [6, 6.07) is 14.4. The minimum absolute atomic E-state index is 0.0792. The van der Waals surface area contributed by atoms with E-state index in [0.717, 1.165) is 5.56 Å². The molecule has 0 spiro atoms. The number of nitrogens with one attached hydrogen (secondary N) is 1. The molecule has 3 rings (SSSR count). The zero-order chi connectivity index (χ0) is 20.1. The number of carbonyl (C=O) groups is 1. The topological polar surface area (TPSA) is 87.8 Å². The molecule has 0 bridgehead atoms. The fourth-order valence-electron chi connectivity index (χ4n) is 2.70. The number of nitrogens with zero attached hydrogens (tertiary/aromatic N) is 3. The van der Waals surface area contributed by atoms with E-state index in [1.54, 1.807) is 18.2 Å². The number of carbonyl (C=O) groups excluding carboxylic acids is 1. The highest BCUT2D eigenvalue weighted by atomic mass is 35.5. The Kier molecular flexibility index (Phi) is 6.34. The summed E-state index contributed by atoms with van der Waals surface area (Å²) in [6.07, 6.45) is 0.247. The molecule has 0 radical (unpaired) electrons. The molecule has 8 heteroatoms. The molecule has 0 saturated heterocycles. The predicted molar refractivity (Wildman–Crippen MR) is 111 cm³/mol. The summed E-state index contributed by atoms with van der Waals surface area (Å²) in [4.78, 5) is 29.8. The molecule has 0 aliphatic carbocycles. The highest BCUT2D eigenvalue weighted by Gasteiger charge is 2.16. The predicted octanol–water partition coefficient (Wildman–Crippen LogP) is 3.47. The van der Waals surface area contributed by atoms with Gasteiger partial charge < -0.3 is 5.32 Å². The average molecular weight is 413 g/mol. The van der Waals surface area contributed by atoms with Gasteiger partial charge in [-0.1, -0.05) is 41.6 Å². The lowest BCUT2D eigenvalue weighted by Crippen LogP contribution is -2.27. The minimum atomic E-state index is -0.225. The Bertz CT molecular complexity index is 1140. The second kappa shape index (κ2) is 8.91. The van der Waals surface area contributed by atoms with Crippen LogP contribution in [0.2, 0.25) is 5.02 Å². The number of thioether (sulfide) groups is 1. The van der Waals surface area contributed by atoms with E-state index >= 15 is 0 Å². The largest absolute Gasteiger partial charge is 0.354 e. The van der Waals surface area contributed by atoms with Gasteiger partial charge in [0, 0.05) is 11.6 Å². The van der Waals surface area contributed by atoms with E-state index in [1.165, 1.54) is 16.3 Å². The van der Waals surface area contributed by atoms with Gasteiger partial charge in [0.2, 0.25) is 5.91 Å². The third-order valence-corrected chi connectivity index (χ3v) is 5.22. The van der Waals surface area contributed by atoms with E-state index in [0.29, 0.717) is 33.3 Å². The number of nitriles is 1. The molecule has 6 nitrogen and oxygen atoms in total. The molecule has 142 valence electrons. The summed E-state index contributed by atoms with van der Waals surface area (Å²) in [6.45, 7) is 2.21. The van der Waals surface area contributed by atoms with Gasteiger partial charge in [-0.15, -0.1) is 0 Å². The van der Waals surface area contributed by atoms with Gasteiger partial charge in [0.15, 0.2) is 5.16 Å². The first kappa shape index (κ1) is 19.9. The van der Waals surface area contributed by atoms with Crippen LogP contribution < -0.4 is 10.9 Å². The van der Waals surface area contributed by atoms with Crippen molar-refractivity contribution in [2.24, 2.45) is 0 Å². The van der Waals surface area contributed by atoms with Crippen LogP contribution >= 0.6 is 23.4 Å². The van der Waals surface area contributed by atoms with Crippen LogP contribution in [0.3, 0.4) is 0 Å². The Balaban J connectivity index is 2.05. The van der Waals surface area contributed by atoms with E-state index in [2.05, 4.69) is 10.3 Å². The summed E-state index contributed by atoms with van der Waals surface area (Å²) in [5.41, 5.74) is 1.89. The van der Waals surface area contributed by atoms with Gasteiger partial charge in [0.05, 0.1) is 34.8 Å². The first-order valence-electron chi connectivity index (χ1n) is 8.56. The molecular formula is C20H17ClN4O2S. The molecule has 0 fully saturated rings. The van der Waals surface area contributed by atoms with E-state index < -0.39 is 0 Å². The van der Waals surface area contributed by atoms with Crippen LogP contribution in [0, 0.1) is 18.3 Å². The number of para-hydroxylation sites is 1. The summed E-state index contributed by atoms with van der Waals surface area (Å²) < 4.78 is 1.53. The molecule has 0 saturated carbocycles. The van der Waals surface area contributed by atoms with Crippen molar-refractivity contribution in [3.05, 3.63) is 63.4 Å². The molecule has 1 aromatic heterocycles. The highest BCUT2D eigenvalue weighted by molar-refractivity contribution is 7.99. The number of rotatable bonds is 6. The first-order valence-corrected chi connectivity index (χ1v) is 9.92. The van der Waals surface area contributed by atoms with E-state index in [-0.39, 0.29) is 23.6 Å². The lowest BCUT2D eigenvalue weighted by atomic mass is 10.2. The number of hydrogen-bond donors (Lipinski definition) is 1. The number of hydrogen-bond acceptors (Lipinski definition) is 5. The van der Waals surface area contributed by atoms with Crippen molar-refractivity contribution < 1.29 is 4.79 Å². The molecule has 2 aromatic carbocycles. The summed E-state index contributed by atoms with van der Waals surface area (Å²) in [5.74, 6) is -0.146. The smallest absolute Gasteiger partial charge is 0.266 e. The van der Waals surface area contributed by atoms with Gasteiger partial charge in [-0.25, -0.2) is 4.98 Å². The van der Waals surface area contributed by atoms with Crippen LogP contribution in [0.15, 0.2) is 52.4 Å². The molecule has 1 N–H and O–H groups in total. The van der Waals surface area contributed by atoms with E-state index in [9.17, 15) is 9.59 Å². The molecule has 0 atom stereocenters. The summed E-state index contributed by atoms with van der Waals surface area (Å²) >= 11 is 7.22. The third-order valence-electron chi connectivity index (χ3n) is 4.05. The summed E-state index contributed by atoms with van der Waals surface area (Å²) in [7, 11) is 0. The van der Waals surface area contributed by atoms with Crippen LogP contribution in [-0.2, 0) is 4.79 Å². The Morgan fingerprint density at radius 2 is 2.11 bits per heavy atom.